The largest absolute Gasteiger partial charge is 0.376 e. The van der Waals surface area contributed by atoms with Crippen molar-refractivity contribution < 1.29 is 4.74 Å². The van der Waals surface area contributed by atoms with Gasteiger partial charge in [0.15, 0.2) is 0 Å². The molecule has 0 aromatic carbocycles. The van der Waals surface area contributed by atoms with Crippen LogP contribution in [0, 0.1) is 0 Å². The van der Waals surface area contributed by atoms with E-state index in [0.29, 0.717) is 0 Å². The lowest BCUT2D eigenvalue weighted by Crippen LogP contribution is -2.21. The van der Waals surface area contributed by atoms with Gasteiger partial charge in [-0.3, -0.25) is 4.68 Å². The smallest absolute Gasteiger partial charge is 0.0753 e. The Bertz CT molecular complexity index is 360. The second-order valence-electron chi connectivity index (χ2n) is 5.14. The first-order valence-corrected chi connectivity index (χ1v) is 5.71. The number of fused-ring (bicyclic) bond motifs is 1. The molecule has 1 aliphatic heterocycles. The van der Waals surface area contributed by atoms with Crippen molar-refractivity contribution in [1.82, 2.24) is 9.78 Å². The molecule has 1 aromatic rings. The number of ether oxygens (including phenoxy) is 1. The molecule has 0 N–H and O–H groups in total. The van der Waals surface area contributed by atoms with Gasteiger partial charge in [0.05, 0.1) is 18.9 Å². The van der Waals surface area contributed by atoms with Crippen LogP contribution in [0.15, 0.2) is 0 Å². The van der Waals surface area contributed by atoms with Crippen LogP contribution in [0.5, 0.6) is 0 Å². The Morgan fingerprint density at radius 2 is 2.13 bits per heavy atom. The highest BCUT2D eigenvalue weighted by Gasteiger charge is 2.28. The van der Waals surface area contributed by atoms with E-state index in [0.717, 1.165) is 26.2 Å². The molecule has 0 saturated carbocycles. The van der Waals surface area contributed by atoms with E-state index >= 15 is 0 Å². The summed E-state index contributed by atoms with van der Waals surface area (Å²) in [5.41, 5.74) is 4.07. The normalized spacial score (nSPS) is 16.5. The molecule has 3 nitrogen and oxygen atoms in total. The van der Waals surface area contributed by atoms with Gasteiger partial charge in [-0.15, -0.1) is 0 Å². The fourth-order valence-electron chi connectivity index (χ4n) is 2.31. The van der Waals surface area contributed by atoms with Crippen molar-refractivity contribution in [2.24, 2.45) is 0 Å². The maximum absolute atomic E-state index is 5.54. The van der Waals surface area contributed by atoms with Crippen molar-refractivity contribution in [3.63, 3.8) is 0 Å². The summed E-state index contributed by atoms with van der Waals surface area (Å²) in [5, 5.41) is 4.67. The van der Waals surface area contributed by atoms with E-state index in [2.05, 4.69) is 37.5 Å². The van der Waals surface area contributed by atoms with Gasteiger partial charge in [-0.25, -0.2) is 0 Å². The van der Waals surface area contributed by atoms with Gasteiger partial charge in [0.1, 0.15) is 0 Å². The van der Waals surface area contributed by atoms with Gasteiger partial charge in [0.2, 0.25) is 0 Å². The zero-order chi connectivity index (χ0) is 11.1. The van der Waals surface area contributed by atoms with E-state index in [1.807, 2.05) is 0 Å². The quantitative estimate of drug-likeness (QED) is 0.708. The first-order chi connectivity index (χ1) is 7.04. The summed E-state index contributed by atoms with van der Waals surface area (Å²) in [6.07, 6.45) is 0.964. The molecule has 2 heterocycles. The van der Waals surface area contributed by atoms with E-state index < -0.39 is 0 Å². The predicted octanol–water partition coefficient (Wildman–Crippen LogP) is 2.27. The Hall–Kier alpha value is -0.830. The van der Waals surface area contributed by atoms with Crippen LogP contribution in [0.4, 0.5) is 0 Å². The first kappa shape index (κ1) is 10.7. The Morgan fingerprint density at radius 3 is 2.73 bits per heavy atom. The summed E-state index contributed by atoms with van der Waals surface area (Å²) in [6.45, 7) is 11.4. The van der Waals surface area contributed by atoms with E-state index in [1.165, 1.54) is 17.0 Å². The van der Waals surface area contributed by atoms with Gasteiger partial charge in [-0.05, 0) is 6.92 Å². The number of aromatic nitrogens is 2. The molecule has 2 rings (SSSR count). The van der Waals surface area contributed by atoms with Crippen molar-refractivity contribution in [1.29, 1.82) is 0 Å². The predicted molar refractivity (Wildman–Crippen MR) is 60.0 cm³/mol. The first-order valence-electron chi connectivity index (χ1n) is 5.71. The van der Waals surface area contributed by atoms with E-state index in [-0.39, 0.29) is 5.41 Å². The summed E-state index contributed by atoms with van der Waals surface area (Å²) in [4.78, 5) is 0. The maximum atomic E-state index is 5.54. The van der Waals surface area contributed by atoms with Crippen LogP contribution in [0.2, 0.25) is 0 Å². The van der Waals surface area contributed by atoms with Crippen LogP contribution in [-0.4, -0.2) is 16.4 Å². The van der Waals surface area contributed by atoms with Crippen LogP contribution >= 0.6 is 0 Å². The average Bonchev–Trinajstić information content (AvgIpc) is 2.54. The summed E-state index contributed by atoms with van der Waals surface area (Å²) in [5.74, 6) is 0. The van der Waals surface area contributed by atoms with E-state index in [9.17, 15) is 0 Å². The lowest BCUT2D eigenvalue weighted by molar-refractivity contribution is 0.109. The molecule has 1 aromatic heterocycles. The van der Waals surface area contributed by atoms with Crippen LogP contribution in [-0.2, 0) is 29.7 Å². The van der Waals surface area contributed by atoms with Crippen molar-refractivity contribution in [3.05, 3.63) is 17.0 Å². The second kappa shape index (κ2) is 3.63. The molecule has 0 unspecified atom stereocenters. The molecule has 0 fully saturated rings. The molecule has 3 heteroatoms. The van der Waals surface area contributed by atoms with Crippen molar-refractivity contribution in [3.8, 4) is 0 Å². The highest BCUT2D eigenvalue weighted by molar-refractivity contribution is 5.32. The molecule has 0 aliphatic carbocycles. The molecular weight excluding hydrogens is 188 g/mol. The second-order valence-corrected chi connectivity index (χ2v) is 5.14. The summed E-state index contributed by atoms with van der Waals surface area (Å²) in [7, 11) is 0. The summed E-state index contributed by atoms with van der Waals surface area (Å²) >= 11 is 0. The molecular formula is C12H20N2O. The minimum Gasteiger partial charge on any atom is -0.376 e. The average molecular weight is 208 g/mol. The molecule has 15 heavy (non-hydrogen) atoms. The molecule has 0 bridgehead atoms. The lowest BCUT2D eigenvalue weighted by atomic mass is 9.88. The van der Waals surface area contributed by atoms with Crippen LogP contribution in [0.25, 0.3) is 0 Å². The third kappa shape index (κ3) is 1.81. The van der Waals surface area contributed by atoms with Gasteiger partial charge in [0.25, 0.3) is 0 Å². The Labute approximate surface area is 91.4 Å². The van der Waals surface area contributed by atoms with Crippen molar-refractivity contribution in [2.75, 3.05) is 6.61 Å². The van der Waals surface area contributed by atoms with Crippen LogP contribution in [0.3, 0.4) is 0 Å². The Morgan fingerprint density at radius 1 is 1.40 bits per heavy atom. The van der Waals surface area contributed by atoms with Crippen LogP contribution < -0.4 is 0 Å². The number of nitrogens with zero attached hydrogens (tertiary/aromatic N) is 2. The topological polar surface area (TPSA) is 27.1 Å². The number of aryl methyl sites for hydroxylation is 1. The van der Waals surface area contributed by atoms with Gasteiger partial charge >= 0.3 is 0 Å². The highest BCUT2D eigenvalue weighted by atomic mass is 16.5. The molecule has 0 saturated heterocycles. The lowest BCUT2D eigenvalue weighted by Gasteiger charge is -2.23. The fraction of sp³-hybridized carbons (Fsp3) is 0.750. The number of hydrogen-bond acceptors (Lipinski definition) is 2. The Kier molecular flexibility index (Phi) is 2.59. The van der Waals surface area contributed by atoms with Gasteiger partial charge < -0.3 is 4.74 Å². The number of hydrogen-bond donors (Lipinski definition) is 0. The SMILES string of the molecule is CCn1nc2c(c1C(C)(C)C)COCC2. The van der Waals surface area contributed by atoms with Crippen LogP contribution in [0.1, 0.15) is 44.6 Å². The van der Waals surface area contributed by atoms with Gasteiger partial charge in [-0.1, -0.05) is 20.8 Å². The monoisotopic (exact) mass is 208 g/mol. The fourth-order valence-corrected chi connectivity index (χ4v) is 2.31. The molecule has 84 valence electrons. The third-order valence-corrected chi connectivity index (χ3v) is 2.87. The van der Waals surface area contributed by atoms with E-state index in [4.69, 9.17) is 4.74 Å². The molecule has 0 atom stereocenters. The highest BCUT2D eigenvalue weighted by Crippen LogP contribution is 2.30. The number of rotatable bonds is 1. The molecule has 0 radical (unpaired) electrons. The minimum atomic E-state index is 0.150. The van der Waals surface area contributed by atoms with Crippen molar-refractivity contribution in [2.45, 2.75) is 52.7 Å². The van der Waals surface area contributed by atoms with Gasteiger partial charge in [-0.2, -0.15) is 5.10 Å². The molecule has 1 aliphatic rings. The molecule has 0 spiro atoms. The van der Waals surface area contributed by atoms with Gasteiger partial charge in [0, 0.05) is 29.6 Å². The standard InChI is InChI=1S/C12H20N2O/c1-5-14-11(12(2,3)4)9-8-15-7-6-10(9)13-14/h5-8H2,1-4H3. The summed E-state index contributed by atoms with van der Waals surface area (Å²) in [6, 6.07) is 0. The summed E-state index contributed by atoms with van der Waals surface area (Å²) < 4.78 is 7.67. The molecule has 0 amide bonds. The zero-order valence-corrected chi connectivity index (χ0v) is 10.1. The maximum Gasteiger partial charge on any atom is 0.0753 e. The third-order valence-electron chi connectivity index (χ3n) is 2.87. The van der Waals surface area contributed by atoms with E-state index in [1.54, 1.807) is 0 Å². The zero-order valence-electron chi connectivity index (χ0n) is 10.1. The minimum absolute atomic E-state index is 0.150. The Balaban J connectivity index is 2.54. The van der Waals surface area contributed by atoms with Crippen molar-refractivity contribution >= 4 is 0 Å².